The van der Waals surface area contributed by atoms with Crippen LogP contribution < -0.4 is 17.0 Å². The number of hydrazine groups is 2. The summed E-state index contributed by atoms with van der Waals surface area (Å²) in [6.45, 7) is 1.52. The van der Waals surface area contributed by atoms with Gasteiger partial charge in [0.1, 0.15) is 5.71 Å². The molecule has 28 heavy (non-hydrogen) atoms. The fraction of sp³-hybridized carbons (Fsp3) is 0.176. The number of aromatic amines is 1. The van der Waals surface area contributed by atoms with Gasteiger partial charge in [-0.1, -0.05) is 12.1 Å². The van der Waals surface area contributed by atoms with Crippen molar-refractivity contribution in [3.8, 4) is 0 Å². The van der Waals surface area contributed by atoms with Crippen molar-refractivity contribution >= 4 is 46.1 Å². The maximum absolute atomic E-state index is 12.4. The summed E-state index contributed by atoms with van der Waals surface area (Å²) in [5, 5.41) is 2.70. The number of carbonyl (C=O) groups is 4. The molecule has 1 aliphatic heterocycles. The molecule has 2 amide bonds. The molecule has 0 saturated heterocycles. The van der Waals surface area contributed by atoms with Crippen LogP contribution >= 0.6 is 0 Å². The number of hydrogen-bond acceptors (Lipinski definition) is 8. The van der Waals surface area contributed by atoms with Crippen LogP contribution in [0.5, 0.6) is 0 Å². The maximum Gasteiger partial charge on any atom is 0.297 e. The van der Waals surface area contributed by atoms with E-state index in [-0.39, 0.29) is 29.4 Å². The molecule has 1 aromatic carbocycles. The summed E-state index contributed by atoms with van der Waals surface area (Å²) in [6.07, 6.45) is -0.766. The van der Waals surface area contributed by atoms with Gasteiger partial charge in [-0.05, 0) is 19.1 Å². The first-order valence-corrected chi connectivity index (χ1v) is 8.19. The zero-order valence-electron chi connectivity index (χ0n) is 14.9. The number of aromatic nitrogens is 2. The van der Waals surface area contributed by atoms with Crippen molar-refractivity contribution in [3.63, 3.8) is 0 Å². The van der Waals surface area contributed by atoms with Crippen LogP contribution in [0.2, 0.25) is 0 Å². The van der Waals surface area contributed by atoms with E-state index in [1.54, 1.807) is 24.3 Å². The molecule has 0 unspecified atom stereocenters. The van der Waals surface area contributed by atoms with Gasteiger partial charge in [0.15, 0.2) is 5.78 Å². The number of amides is 2. The van der Waals surface area contributed by atoms with Crippen molar-refractivity contribution in [3.05, 3.63) is 35.5 Å². The molecule has 0 aliphatic carbocycles. The first kappa shape index (κ1) is 19.1. The predicted octanol–water partition coefficient (Wildman–Crippen LogP) is -0.276. The van der Waals surface area contributed by atoms with Gasteiger partial charge in [-0.3, -0.25) is 29.5 Å². The fourth-order valence-electron chi connectivity index (χ4n) is 2.70. The van der Waals surface area contributed by atoms with Gasteiger partial charge in [-0.15, -0.1) is 0 Å². The van der Waals surface area contributed by atoms with Crippen LogP contribution in [0.3, 0.4) is 0 Å². The van der Waals surface area contributed by atoms with Crippen LogP contribution in [0.25, 0.3) is 11.0 Å². The van der Waals surface area contributed by atoms with Gasteiger partial charge >= 0.3 is 0 Å². The SMILES string of the molecule is CC1=C(C(=O)CC(=O)C(=O)Nc2nc3ccccc3[nH]2)CC(C(=O)N(N)N)=N1. The van der Waals surface area contributed by atoms with E-state index < -0.39 is 29.8 Å². The van der Waals surface area contributed by atoms with Crippen molar-refractivity contribution < 1.29 is 19.2 Å². The van der Waals surface area contributed by atoms with Crippen molar-refractivity contribution in [2.24, 2.45) is 16.7 Å². The molecule has 1 aliphatic rings. The molecule has 0 fully saturated rings. The van der Waals surface area contributed by atoms with E-state index in [1.165, 1.54) is 6.92 Å². The third-order valence-electron chi connectivity index (χ3n) is 4.10. The number of anilines is 1. The van der Waals surface area contributed by atoms with Crippen molar-refractivity contribution in [1.29, 1.82) is 0 Å². The van der Waals surface area contributed by atoms with Gasteiger partial charge in [0.2, 0.25) is 11.7 Å². The molecule has 11 heteroatoms. The molecule has 2 heterocycles. The van der Waals surface area contributed by atoms with E-state index in [4.69, 9.17) is 11.7 Å². The monoisotopic (exact) mass is 383 g/mol. The summed E-state index contributed by atoms with van der Waals surface area (Å²) in [5.41, 5.74) is 1.74. The largest absolute Gasteiger partial charge is 0.324 e. The highest BCUT2D eigenvalue weighted by Crippen LogP contribution is 2.22. The van der Waals surface area contributed by atoms with Gasteiger partial charge in [0, 0.05) is 17.7 Å². The van der Waals surface area contributed by atoms with Crippen molar-refractivity contribution in [2.45, 2.75) is 19.8 Å². The second kappa shape index (κ2) is 7.50. The number of nitrogens with one attached hydrogen (secondary N) is 2. The Balaban J connectivity index is 1.61. The highest BCUT2D eigenvalue weighted by molar-refractivity contribution is 6.45. The average molecular weight is 383 g/mol. The molecule has 144 valence electrons. The van der Waals surface area contributed by atoms with E-state index in [1.807, 2.05) is 0 Å². The predicted molar refractivity (Wildman–Crippen MR) is 99.3 cm³/mol. The lowest BCUT2D eigenvalue weighted by Crippen LogP contribution is -2.46. The number of carbonyl (C=O) groups excluding carboxylic acids is 4. The molecule has 1 aromatic heterocycles. The number of nitrogens with two attached hydrogens (primary N) is 2. The van der Waals surface area contributed by atoms with Gasteiger partial charge in [0.05, 0.1) is 17.5 Å². The first-order valence-electron chi connectivity index (χ1n) is 8.19. The number of Topliss-reactive ketones (excluding diaryl/α,β-unsaturated/α-hetero) is 2. The van der Waals surface area contributed by atoms with Gasteiger partial charge < -0.3 is 4.98 Å². The molecule has 0 atom stereocenters. The summed E-state index contributed by atoms with van der Waals surface area (Å²) < 4.78 is 0. The maximum atomic E-state index is 12.4. The summed E-state index contributed by atoms with van der Waals surface area (Å²) >= 11 is 0. The number of allylic oxidation sites excluding steroid dienone is 2. The zero-order valence-corrected chi connectivity index (χ0v) is 14.9. The standard InChI is InChI=1S/C17H17N7O4/c1-8-9(6-12(20-8)16(28)24(18)19)13(25)7-14(26)15(27)23-17-21-10-4-2-3-5-11(10)22-17/h2-5H,6-7,18-19H2,1H3,(H2,21,22,23,27). The number of benzene rings is 1. The summed E-state index contributed by atoms with van der Waals surface area (Å²) in [4.78, 5) is 59.2. The Kier molecular flexibility index (Phi) is 5.11. The minimum Gasteiger partial charge on any atom is -0.324 e. The number of H-pyrrole nitrogens is 1. The Morgan fingerprint density at radius 3 is 2.61 bits per heavy atom. The van der Waals surface area contributed by atoms with Gasteiger partial charge in [-0.2, -0.15) is 0 Å². The number of hydrogen-bond donors (Lipinski definition) is 4. The Morgan fingerprint density at radius 1 is 1.21 bits per heavy atom. The third-order valence-corrected chi connectivity index (χ3v) is 4.10. The number of nitrogens with zero attached hydrogens (tertiary/aromatic N) is 3. The topological polar surface area (TPSA) is 177 Å². The normalized spacial score (nSPS) is 13.5. The molecule has 0 bridgehead atoms. The fourth-order valence-corrected chi connectivity index (χ4v) is 2.70. The van der Waals surface area contributed by atoms with Crippen LogP contribution in [0.1, 0.15) is 19.8 Å². The number of fused-ring (bicyclic) bond motifs is 1. The second-order valence-corrected chi connectivity index (χ2v) is 6.09. The summed E-state index contributed by atoms with van der Waals surface area (Å²) in [6, 6.07) is 7.08. The number of ketones is 2. The molecule has 2 aromatic rings. The molecular weight excluding hydrogens is 366 g/mol. The quantitative estimate of drug-likeness (QED) is 0.174. The highest BCUT2D eigenvalue weighted by atomic mass is 16.2. The third kappa shape index (κ3) is 3.84. The number of imidazole rings is 1. The molecule has 6 N–H and O–H groups in total. The minimum atomic E-state index is -0.976. The lowest BCUT2D eigenvalue weighted by atomic mass is 10.0. The number of aliphatic imine (C=N–C) groups is 1. The zero-order chi connectivity index (χ0) is 20.4. The van der Waals surface area contributed by atoms with E-state index >= 15 is 0 Å². The first-order chi connectivity index (χ1) is 13.3. The van der Waals surface area contributed by atoms with Gasteiger partial charge in [0.25, 0.3) is 11.8 Å². The molecule has 0 spiro atoms. The number of rotatable bonds is 6. The molecule has 11 nitrogen and oxygen atoms in total. The average Bonchev–Trinajstić information content (AvgIpc) is 3.23. The van der Waals surface area contributed by atoms with E-state index in [0.717, 1.165) is 0 Å². The molecule has 0 radical (unpaired) electrons. The Hall–Kier alpha value is -3.70. The lowest BCUT2D eigenvalue weighted by molar-refractivity contribution is -0.136. The van der Waals surface area contributed by atoms with Crippen LogP contribution in [-0.2, 0) is 19.2 Å². The molecule has 0 saturated carbocycles. The summed E-state index contributed by atoms with van der Waals surface area (Å²) in [5.74, 6) is 7.18. The van der Waals surface area contributed by atoms with E-state index in [0.29, 0.717) is 16.2 Å². The smallest absolute Gasteiger partial charge is 0.297 e. The second-order valence-electron chi connectivity index (χ2n) is 6.09. The Morgan fingerprint density at radius 2 is 1.93 bits per heavy atom. The van der Waals surface area contributed by atoms with Crippen LogP contribution in [-0.4, -0.2) is 44.2 Å². The van der Waals surface area contributed by atoms with E-state index in [9.17, 15) is 19.2 Å². The van der Waals surface area contributed by atoms with Crippen molar-refractivity contribution in [2.75, 3.05) is 5.32 Å². The lowest BCUT2D eigenvalue weighted by Gasteiger charge is -2.08. The van der Waals surface area contributed by atoms with Crippen molar-refractivity contribution in [1.82, 2.24) is 15.1 Å². The van der Waals surface area contributed by atoms with Crippen LogP contribution in [0.4, 0.5) is 5.95 Å². The van der Waals surface area contributed by atoms with Crippen LogP contribution in [0.15, 0.2) is 40.5 Å². The Bertz CT molecular complexity index is 1030. The molecule has 3 rings (SSSR count). The molecular formula is C17H17N7O4. The number of para-hydroxylation sites is 2. The van der Waals surface area contributed by atoms with Crippen LogP contribution in [0, 0.1) is 0 Å². The van der Waals surface area contributed by atoms with E-state index in [2.05, 4.69) is 20.3 Å². The van der Waals surface area contributed by atoms with Gasteiger partial charge in [-0.25, -0.2) is 21.8 Å². The summed E-state index contributed by atoms with van der Waals surface area (Å²) in [7, 11) is 0. The minimum absolute atomic E-state index is 0.00924. The Labute approximate surface area is 158 Å². The highest BCUT2D eigenvalue weighted by Gasteiger charge is 2.29.